The van der Waals surface area contributed by atoms with Crippen LogP contribution in [0.25, 0.3) is 11.5 Å². The molecule has 0 saturated heterocycles. The number of benzene rings is 1. The third-order valence-electron chi connectivity index (χ3n) is 2.06. The van der Waals surface area contributed by atoms with Crippen LogP contribution in [0.15, 0.2) is 22.6 Å². The maximum Gasteiger partial charge on any atom is 0.393 e. The van der Waals surface area contributed by atoms with Gasteiger partial charge in [0, 0.05) is 5.56 Å². The van der Waals surface area contributed by atoms with Crippen LogP contribution < -0.4 is 0 Å². The number of rotatable bonds is 2. The van der Waals surface area contributed by atoms with Crippen molar-refractivity contribution >= 4 is 5.97 Å². The minimum Gasteiger partial charge on any atom is -0.508 e. The first-order valence-electron chi connectivity index (χ1n) is 4.44. The Morgan fingerprint density at radius 2 is 2.12 bits per heavy atom. The summed E-state index contributed by atoms with van der Waals surface area (Å²) in [5.74, 6) is -1.61. The lowest BCUT2D eigenvalue weighted by molar-refractivity contribution is 0.0654. The molecule has 2 aromatic rings. The Hall–Kier alpha value is -2.37. The Bertz CT molecular complexity index is 548. The Labute approximate surface area is 90.2 Å². The molecule has 1 heterocycles. The summed E-state index contributed by atoms with van der Waals surface area (Å²) in [5, 5.41) is 25.0. The van der Waals surface area contributed by atoms with Crippen molar-refractivity contribution in [3.8, 4) is 17.2 Å². The van der Waals surface area contributed by atoms with Crippen LogP contribution in [0, 0.1) is 6.92 Å². The fourth-order valence-corrected chi connectivity index (χ4v) is 1.17. The van der Waals surface area contributed by atoms with Crippen molar-refractivity contribution in [3.05, 3.63) is 29.7 Å². The van der Waals surface area contributed by atoms with E-state index < -0.39 is 11.9 Å². The summed E-state index contributed by atoms with van der Waals surface area (Å²) >= 11 is 0. The largest absolute Gasteiger partial charge is 0.508 e. The van der Waals surface area contributed by atoms with Gasteiger partial charge >= 0.3 is 11.9 Å². The van der Waals surface area contributed by atoms with Gasteiger partial charge in [-0.1, -0.05) is 6.07 Å². The molecule has 0 atom stereocenters. The molecule has 0 fully saturated rings. The number of aromatic nitrogens is 2. The lowest BCUT2D eigenvalue weighted by atomic mass is 10.1. The summed E-state index contributed by atoms with van der Waals surface area (Å²) in [6.07, 6.45) is 0. The number of phenols is 1. The molecule has 0 aliphatic carbocycles. The Morgan fingerprint density at radius 1 is 1.38 bits per heavy atom. The monoisotopic (exact) mass is 220 g/mol. The molecule has 6 nitrogen and oxygen atoms in total. The topological polar surface area (TPSA) is 96.5 Å². The van der Waals surface area contributed by atoms with Gasteiger partial charge in [0.2, 0.25) is 5.89 Å². The molecule has 82 valence electrons. The molecule has 6 heteroatoms. The average molecular weight is 220 g/mol. The number of nitrogens with zero attached hydrogens (tertiary/aromatic N) is 2. The summed E-state index contributed by atoms with van der Waals surface area (Å²) < 4.78 is 4.89. The zero-order valence-corrected chi connectivity index (χ0v) is 8.34. The molecule has 0 aliphatic heterocycles. The highest BCUT2D eigenvalue weighted by atomic mass is 16.4. The van der Waals surface area contributed by atoms with Crippen LogP contribution in [0.2, 0.25) is 0 Å². The highest BCUT2D eigenvalue weighted by molar-refractivity contribution is 5.82. The SMILES string of the molecule is Cc1ccc(-c2nnc(C(=O)O)o2)cc1O. The smallest absolute Gasteiger partial charge is 0.393 e. The first-order valence-corrected chi connectivity index (χ1v) is 4.44. The van der Waals surface area contributed by atoms with Crippen molar-refractivity contribution < 1.29 is 19.4 Å². The van der Waals surface area contributed by atoms with Crippen LogP contribution in [0.3, 0.4) is 0 Å². The van der Waals surface area contributed by atoms with Crippen molar-refractivity contribution in [2.45, 2.75) is 6.92 Å². The van der Waals surface area contributed by atoms with Gasteiger partial charge in [-0.05, 0) is 24.6 Å². The number of carboxylic acids is 1. The van der Waals surface area contributed by atoms with Crippen molar-refractivity contribution in [1.29, 1.82) is 0 Å². The molecular weight excluding hydrogens is 212 g/mol. The maximum absolute atomic E-state index is 10.5. The highest BCUT2D eigenvalue weighted by Gasteiger charge is 2.14. The second-order valence-corrected chi connectivity index (χ2v) is 3.22. The third kappa shape index (κ3) is 1.72. The number of hydrogen-bond donors (Lipinski definition) is 2. The molecular formula is C10H8N2O4. The van der Waals surface area contributed by atoms with Gasteiger partial charge in [-0.15, -0.1) is 10.2 Å². The van der Waals surface area contributed by atoms with E-state index in [4.69, 9.17) is 9.52 Å². The van der Waals surface area contributed by atoms with Crippen LogP contribution in [-0.2, 0) is 0 Å². The summed E-state index contributed by atoms with van der Waals surface area (Å²) in [6, 6.07) is 4.78. The van der Waals surface area contributed by atoms with Crippen LogP contribution in [-0.4, -0.2) is 26.4 Å². The molecule has 0 unspecified atom stereocenters. The lowest BCUT2D eigenvalue weighted by Gasteiger charge is -1.99. The van der Waals surface area contributed by atoms with E-state index in [1.54, 1.807) is 19.1 Å². The van der Waals surface area contributed by atoms with Gasteiger partial charge in [-0.2, -0.15) is 0 Å². The number of aryl methyl sites for hydroxylation is 1. The maximum atomic E-state index is 10.5. The second-order valence-electron chi connectivity index (χ2n) is 3.22. The van der Waals surface area contributed by atoms with E-state index in [-0.39, 0.29) is 11.6 Å². The summed E-state index contributed by atoms with van der Waals surface area (Å²) in [7, 11) is 0. The van der Waals surface area contributed by atoms with Gasteiger partial charge in [0.25, 0.3) is 0 Å². The Morgan fingerprint density at radius 3 is 2.69 bits per heavy atom. The summed E-state index contributed by atoms with van der Waals surface area (Å²) in [5.41, 5.74) is 1.19. The van der Waals surface area contributed by atoms with Gasteiger partial charge in [-0.3, -0.25) is 0 Å². The Kier molecular flexibility index (Phi) is 2.32. The van der Waals surface area contributed by atoms with E-state index in [1.807, 2.05) is 0 Å². The van der Waals surface area contributed by atoms with E-state index in [0.29, 0.717) is 11.1 Å². The fourth-order valence-electron chi connectivity index (χ4n) is 1.17. The minimum atomic E-state index is -1.28. The molecule has 0 radical (unpaired) electrons. The van der Waals surface area contributed by atoms with Crippen molar-refractivity contribution in [3.63, 3.8) is 0 Å². The molecule has 2 rings (SSSR count). The molecule has 0 aliphatic rings. The van der Waals surface area contributed by atoms with E-state index in [2.05, 4.69) is 10.2 Å². The number of aromatic carboxylic acids is 1. The van der Waals surface area contributed by atoms with E-state index in [1.165, 1.54) is 6.07 Å². The number of carboxylic acid groups (broad SMARTS) is 1. The van der Waals surface area contributed by atoms with Crippen molar-refractivity contribution in [2.24, 2.45) is 0 Å². The molecule has 0 amide bonds. The molecule has 16 heavy (non-hydrogen) atoms. The van der Waals surface area contributed by atoms with Crippen molar-refractivity contribution in [2.75, 3.05) is 0 Å². The number of aromatic hydroxyl groups is 1. The molecule has 1 aromatic heterocycles. The first-order chi connectivity index (χ1) is 7.58. The van der Waals surface area contributed by atoms with E-state index in [9.17, 15) is 9.90 Å². The summed E-state index contributed by atoms with van der Waals surface area (Å²) in [4.78, 5) is 10.5. The quantitative estimate of drug-likeness (QED) is 0.794. The standard InChI is InChI=1S/C10H8N2O4/c1-5-2-3-6(4-7(5)13)8-11-12-9(16-8)10(14)15/h2-4,13H,1H3,(H,14,15). The zero-order valence-electron chi connectivity index (χ0n) is 8.34. The molecule has 0 saturated carbocycles. The molecule has 1 aromatic carbocycles. The normalized spacial score (nSPS) is 10.3. The van der Waals surface area contributed by atoms with Crippen LogP contribution >= 0.6 is 0 Å². The van der Waals surface area contributed by atoms with Gasteiger partial charge in [-0.25, -0.2) is 4.79 Å². The van der Waals surface area contributed by atoms with Gasteiger partial charge in [0.1, 0.15) is 5.75 Å². The van der Waals surface area contributed by atoms with Crippen LogP contribution in [0.4, 0.5) is 0 Å². The number of carbonyl (C=O) groups is 1. The summed E-state index contributed by atoms with van der Waals surface area (Å²) in [6.45, 7) is 1.75. The fraction of sp³-hybridized carbons (Fsp3) is 0.100. The first kappa shape index (κ1) is 10.2. The highest BCUT2D eigenvalue weighted by Crippen LogP contribution is 2.24. The molecule has 2 N–H and O–H groups in total. The predicted molar refractivity (Wildman–Crippen MR) is 53.1 cm³/mol. The zero-order chi connectivity index (χ0) is 11.7. The van der Waals surface area contributed by atoms with E-state index in [0.717, 1.165) is 0 Å². The molecule has 0 bridgehead atoms. The average Bonchev–Trinajstić information content (AvgIpc) is 2.71. The number of phenolic OH excluding ortho intramolecular Hbond substituents is 1. The van der Waals surface area contributed by atoms with Gasteiger partial charge in [0.15, 0.2) is 0 Å². The third-order valence-corrected chi connectivity index (χ3v) is 2.06. The van der Waals surface area contributed by atoms with E-state index >= 15 is 0 Å². The second kappa shape index (κ2) is 3.65. The van der Waals surface area contributed by atoms with Crippen LogP contribution in [0.5, 0.6) is 5.75 Å². The predicted octanol–water partition coefficient (Wildman–Crippen LogP) is 1.45. The molecule has 0 spiro atoms. The van der Waals surface area contributed by atoms with Crippen LogP contribution in [0.1, 0.15) is 16.2 Å². The van der Waals surface area contributed by atoms with Gasteiger partial charge < -0.3 is 14.6 Å². The number of hydrogen-bond acceptors (Lipinski definition) is 5. The van der Waals surface area contributed by atoms with Crippen molar-refractivity contribution in [1.82, 2.24) is 10.2 Å². The van der Waals surface area contributed by atoms with Gasteiger partial charge in [0.05, 0.1) is 0 Å². The lowest BCUT2D eigenvalue weighted by Crippen LogP contribution is -1.95. The minimum absolute atomic E-state index is 0.0627. The Balaban J connectivity index is 2.42.